The van der Waals surface area contributed by atoms with Gasteiger partial charge in [0, 0.05) is 0 Å². The van der Waals surface area contributed by atoms with Crippen molar-refractivity contribution in [3.63, 3.8) is 0 Å². The lowest BCUT2D eigenvalue weighted by Crippen LogP contribution is -2.45. The first-order valence-electron chi connectivity index (χ1n) is 6.40. The average Bonchev–Trinajstić information content (AvgIpc) is 2.13. The SMILES string of the molecule is CC(C)(C)[S@@+]([O-])/N=C\CO[SiH2][Si](C)(C)C(C)(C)C. The minimum atomic E-state index is -1.24. The summed E-state index contributed by atoms with van der Waals surface area (Å²) < 4.78 is 21.2. The largest absolute Gasteiger partial charge is 0.591 e. The van der Waals surface area contributed by atoms with Gasteiger partial charge in [-0.05, 0) is 25.8 Å². The Labute approximate surface area is 119 Å². The molecule has 0 rings (SSSR count). The molecule has 0 heterocycles. The Morgan fingerprint density at radius 3 is 2.11 bits per heavy atom. The molecule has 0 aliphatic heterocycles. The van der Waals surface area contributed by atoms with E-state index in [4.69, 9.17) is 4.43 Å². The van der Waals surface area contributed by atoms with Crippen molar-refractivity contribution in [1.29, 1.82) is 0 Å². The molecule has 0 amide bonds. The first-order chi connectivity index (χ1) is 7.88. The fourth-order valence-electron chi connectivity index (χ4n) is 0.840. The van der Waals surface area contributed by atoms with Crippen molar-refractivity contribution < 1.29 is 8.98 Å². The highest BCUT2D eigenvalue weighted by Gasteiger charge is 2.35. The van der Waals surface area contributed by atoms with Crippen LogP contribution in [0.25, 0.3) is 0 Å². The number of hydrogen-bond donors (Lipinski definition) is 0. The summed E-state index contributed by atoms with van der Waals surface area (Å²) in [7, 11) is -1.73. The lowest BCUT2D eigenvalue weighted by molar-refractivity contribution is 0.412. The Balaban J connectivity index is 4.06. The minimum Gasteiger partial charge on any atom is -0.591 e. The van der Waals surface area contributed by atoms with Crippen LogP contribution in [0.4, 0.5) is 0 Å². The Hall–Kier alpha value is 0.374. The van der Waals surface area contributed by atoms with Gasteiger partial charge in [0.05, 0.1) is 20.4 Å². The van der Waals surface area contributed by atoms with Crippen molar-refractivity contribution in [2.24, 2.45) is 4.40 Å². The van der Waals surface area contributed by atoms with Crippen molar-refractivity contribution in [1.82, 2.24) is 0 Å². The van der Waals surface area contributed by atoms with Crippen LogP contribution < -0.4 is 0 Å². The fraction of sp³-hybridized carbons (Fsp3) is 0.917. The summed E-state index contributed by atoms with van der Waals surface area (Å²) in [5.41, 5.74) is 0. The summed E-state index contributed by atoms with van der Waals surface area (Å²) >= 11 is -1.16. The molecule has 0 saturated carbocycles. The third-order valence-electron chi connectivity index (χ3n) is 3.38. The Morgan fingerprint density at radius 1 is 1.22 bits per heavy atom. The van der Waals surface area contributed by atoms with E-state index in [1.54, 1.807) is 6.21 Å². The molecule has 0 aromatic rings. The molecule has 18 heavy (non-hydrogen) atoms. The maximum absolute atomic E-state index is 11.7. The summed E-state index contributed by atoms with van der Waals surface area (Å²) in [6.45, 7) is 18.0. The number of nitrogens with zero attached hydrogens (tertiary/aromatic N) is 1. The summed E-state index contributed by atoms with van der Waals surface area (Å²) in [5.74, 6) is 0. The zero-order valence-corrected chi connectivity index (χ0v) is 16.4. The van der Waals surface area contributed by atoms with Crippen LogP contribution in [0.15, 0.2) is 4.40 Å². The highest BCUT2D eigenvalue weighted by Crippen LogP contribution is 2.34. The van der Waals surface area contributed by atoms with E-state index in [0.29, 0.717) is 11.6 Å². The van der Waals surface area contributed by atoms with Crippen molar-refractivity contribution in [2.45, 2.75) is 64.4 Å². The van der Waals surface area contributed by atoms with Crippen LogP contribution >= 0.6 is 0 Å². The maximum Gasteiger partial charge on any atom is 0.151 e. The normalized spacial score (nSPS) is 16.9. The Bertz CT molecular complexity index is 283. The predicted octanol–water partition coefficient (Wildman–Crippen LogP) is 2.63. The van der Waals surface area contributed by atoms with E-state index in [1.807, 2.05) is 20.8 Å². The second-order valence-electron chi connectivity index (χ2n) is 7.30. The van der Waals surface area contributed by atoms with Crippen molar-refractivity contribution in [3.8, 4) is 0 Å². The summed E-state index contributed by atoms with van der Waals surface area (Å²) in [6.07, 6.45) is 1.67. The van der Waals surface area contributed by atoms with E-state index in [0.717, 1.165) is 0 Å². The molecule has 0 aliphatic carbocycles. The van der Waals surface area contributed by atoms with Crippen LogP contribution in [0.5, 0.6) is 0 Å². The first kappa shape index (κ1) is 18.4. The Kier molecular flexibility index (Phi) is 6.84. The van der Waals surface area contributed by atoms with Crippen molar-refractivity contribution in [2.75, 3.05) is 6.61 Å². The van der Waals surface area contributed by atoms with Gasteiger partial charge in [0.1, 0.15) is 16.1 Å². The van der Waals surface area contributed by atoms with Crippen LogP contribution in [-0.2, 0) is 15.8 Å². The number of hydrogen-bond acceptors (Lipinski definition) is 3. The standard InChI is InChI=1S/C12H29NO2SSi2/c1-11(2,3)16(14)13-9-10-15-17-18(7,8)12(4,5)6/h9H,10,17H2,1-8H3/b13-9-/t16-/m1/s1. The molecule has 3 nitrogen and oxygen atoms in total. The van der Waals surface area contributed by atoms with Gasteiger partial charge < -0.3 is 8.98 Å². The highest BCUT2D eigenvalue weighted by molar-refractivity contribution is 7.91. The molecule has 108 valence electrons. The third-order valence-corrected chi connectivity index (χ3v) is 15.9. The topological polar surface area (TPSA) is 44.7 Å². The number of rotatable bonds is 5. The summed E-state index contributed by atoms with van der Waals surface area (Å²) in [4.78, 5) is 0. The van der Waals surface area contributed by atoms with Crippen LogP contribution in [0.3, 0.4) is 0 Å². The zero-order valence-electron chi connectivity index (χ0n) is 13.2. The molecular weight excluding hydrogens is 278 g/mol. The van der Waals surface area contributed by atoms with Crippen LogP contribution in [-0.4, -0.2) is 39.0 Å². The minimum absolute atomic E-state index is 0.284. The van der Waals surface area contributed by atoms with Crippen molar-refractivity contribution >= 4 is 34.4 Å². The highest BCUT2D eigenvalue weighted by atomic mass is 32.2. The van der Waals surface area contributed by atoms with E-state index >= 15 is 0 Å². The van der Waals surface area contributed by atoms with Gasteiger partial charge in [-0.2, -0.15) is 0 Å². The molecule has 0 N–H and O–H groups in total. The quantitative estimate of drug-likeness (QED) is 0.339. The molecule has 6 heteroatoms. The van der Waals surface area contributed by atoms with Crippen LogP contribution in [0, 0.1) is 0 Å². The Morgan fingerprint density at radius 2 is 1.72 bits per heavy atom. The molecule has 0 radical (unpaired) electrons. The zero-order chi connectivity index (χ0) is 14.6. The molecule has 0 aromatic heterocycles. The summed E-state index contributed by atoms with van der Waals surface area (Å²) in [5, 5.41) is 0.393. The molecule has 0 unspecified atom stereocenters. The van der Waals surface area contributed by atoms with E-state index in [9.17, 15) is 4.55 Å². The van der Waals surface area contributed by atoms with Gasteiger partial charge in [-0.15, -0.1) is 0 Å². The van der Waals surface area contributed by atoms with Crippen molar-refractivity contribution in [3.05, 3.63) is 0 Å². The lowest BCUT2D eigenvalue weighted by atomic mass is 10.2. The molecule has 0 saturated heterocycles. The molecular formula is C12H29NO2SSi2. The van der Waals surface area contributed by atoms with Gasteiger partial charge in [0.25, 0.3) is 0 Å². The van der Waals surface area contributed by atoms with Crippen LogP contribution in [0.1, 0.15) is 41.5 Å². The monoisotopic (exact) mass is 307 g/mol. The molecule has 0 spiro atoms. The van der Waals surface area contributed by atoms with E-state index in [2.05, 4.69) is 38.3 Å². The molecule has 0 aliphatic rings. The van der Waals surface area contributed by atoms with Gasteiger partial charge in [0.2, 0.25) is 0 Å². The predicted molar refractivity (Wildman–Crippen MR) is 88.1 cm³/mol. The van der Waals surface area contributed by atoms with Gasteiger partial charge in [0.15, 0.2) is 9.28 Å². The van der Waals surface area contributed by atoms with Gasteiger partial charge in [-0.1, -0.05) is 38.3 Å². The fourth-order valence-corrected chi connectivity index (χ4v) is 5.70. The van der Waals surface area contributed by atoms with Gasteiger partial charge in [-0.25, -0.2) is 0 Å². The smallest absolute Gasteiger partial charge is 0.151 e. The molecule has 0 bridgehead atoms. The van der Waals surface area contributed by atoms with Crippen LogP contribution in [0.2, 0.25) is 18.1 Å². The second-order valence-corrected chi connectivity index (χ2v) is 21.4. The van der Waals surface area contributed by atoms with Gasteiger partial charge in [-0.3, -0.25) is 0 Å². The third kappa shape index (κ3) is 6.51. The summed E-state index contributed by atoms with van der Waals surface area (Å²) in [6, 6.07) is 0. The lowest BCUT2D eigenvalue weighted by Gasteiger charge is -2.35. The van der Waals surface area contributed by atoms with E-state index in [-0.39, 0.29) is 4.75 Å². The average molecular weight is 308 g/mol. The second kappa shape index (κ2) is 6.70. The van der Waals surface area contributed by atoms with E-state index < -0.39 is 28.2 Å². The molecule has 0 aromatic carbocycles. The molecule has 1 atom stereocenters. The maximum atomic E-state index is 11.7. The first-order valence-corrected chi connectivity index (χ1v) is 13.4. The van der Waals surface area contributed by atoms with Gasteiger partial charge >= 0.3 is 0 Å². The molecule has 0 fully saturated rings. The van der Waals surface area contributed by atoms with E-state index in [1.165, 1.54) is 0 Å².